The molecule has 0 saturated carbocycles. The molecule has 0 unspecified atom stereocenters. The number of aryl methyl sites for hydroxylation is 1. The number of thiophene rings is 1. The number of rotatable bonds is 2. The number of nitrogens with two attached hydrogens (primary N) is 1. The van der Waals surface area contributed by atoms with Gasteiger partial charge in [-0.2, -0.15) is 16.4 Å². The van der Waals surface area contributed by atoms with Gasteiger partial charge in [0.15, 0.2) is 0 Å². The summed E-state index contributed by atoms with van der Waals surface area (Å²) in [6.07, 6.45) is 1.76. The number of hydrogen-bond donors (Lipinski definition) is 2. The normalized spacial score (nSPS) is 10.4. The molecule has 0 amide bonds. The van der Waals surface area contributed by atoms with Crippen LogP contribution in [0.5, 0.6) is 0 Å². The minimum absolute atomic E-state index is 0.0549. The summed E-state index contributed by atoms with van der Waals surface area (Å²) in [4.78, 5) is 0. The number of nitrogen functional groups attached to an aromatic ring is 1. The molecule has 14 heavy (non-hydrogen) atoms. The zero-order valence-electron chi connectivity index (χ0n) is 7.69. The Bertz CT molecular complexity index is 455. The third-order valence-corrected chi connectivity index (χ3v) is 2.60. The molecule has 2 aromatic rings. The minimum Gasteiger partial charge on any atom is -0.384 e. The second-order valence-electron chi connectivity index (χ2n) is 2.99. The zero-order valence-corrected chi connectivity index (χ0v) is 8.51. The molecule has 0 aliphatic heterocycles. The topological polar surface area (TPSA) is 67.7 Å². The fourth-order valence-electron chi connectivity index (χ4n) is 1.30. The summed E-state index contributed by atoms with van der Waals surface area (Å²) in [6, 6.07) is 1.97. The summed E-state index contributed by atoms with van der Waals surface area (Å²) >= 11 is 1.60. The molecule has 0 aliphatic rings. The quantitative estimate of drug-likeness (QED) is 0.576. The van der Waals surface area contributed by atoms with Gasteiger partial charge >= 0.3 is 0 Å². The van der Waals surface area contributed by atoms with E-state index in [0.29, 0.717) is 5.56 Å². The highest BCUT2D eigenvalue weighted by molar-refractivity contribution is 7.08. The first-order valence-electron chi connectivity index (χ1n) is 4.09. The van der Waals surface area contributed by atoms with E-state index in [9.17, 15) is 0 Å². The largest absolute Gasteiger partial charge is 0.384 e. The van der Waals surface area contributed by atoms with Gasteiger partial charge in [-0.25, -0.2) is 0 Å². The number of nitrogens with one attached hydrogen (secondary N) is 1. The maximum Gasteiger partial charge on any atom is 0.126 e. The van der Waals surface area contributed by atoms with Crippen LogP contribution in [-0.2, 0) is 7.05 Å². The van der Waals surface area contributed by atoms with Crippen LogP contribution in [0.25, 0.3) is 11.3 Å². The second kappa shape index (κ2) is 3.26. The maximum atomic E-state index is 7.42. The summed E-state index contributed by atoms with van der Waals surface area (Å²) in [6.45, 7) is 0. The van der Waals surface area contributed by atoms with Gasteiger partial charge in [-0.15, -0.1) is 0 Å². The molecule has 72 valence electrons. The van der Waals surface area contributed by atoms with Crippen LogP contribution >= 0.6 is 11.3 Å². The van der Waals surface area contributed by atoms with Gasteiger partial charge in [-0.05, 0) is 11.4 Å². The molecule has 2 rings (SSSR count). The van der Waals surface area contributed by atoms with Crippen molar-refractivity contribution in [2.45, 2.75) is 0 Å². The highest BCUT2D eigenvalue weighted by Crippen LogP contribution is 2.23. The van der Waals surface area contributed by atoms with Crippen molar-refractivity contribution in [1.82, 2.24) is 9.78 Å². The fourth-order valence-corrected chi connectivity index (χ4v) is 1.94. The molecule has 0 saturated heterocycles. The van der Waals surface area contributed by atoms with E-state index in [1.807, 2.05) is 23.9 Å². The molecule has 2 heterocycles. The number of nitrogens with zero attached hydrogens (tertiary/aromatic N) is 2. The van der Waals surface area contributed by atoms with Crippen molar-refractivity contribution in [1.29, 1.82) is 5.41 Å². The molecule has 0 radical (unpaired) electrons. The van der Waals surface area contributed by atoms with Gasteiger partial charge in [0.2, 0.25) is 0 Å². The zero-order chi connectivity index (χ0) is 10.1. The summed E-state index contributed by atoms with van der Waals surface area (Å²) in [7, 11) is 1.82. The van der Waals surface area contributed by atoms with Gasteiger partial charge < -0.3 is 5.73 Å². The summed E-state index contributed by atoms with van der Waals surface area (Å²) < 4.78 is 1.67. The monoisotopic (exact) mass is 206 g/mol. The van der Waals surface area contributed by atoms with E-state index in [0.717, 1.165) is 11.3 Å². The Hall–Kier alpha value is -1.62. The van der Waals surface area contributed by atoms with Gasteiger partial charge in [0.05, 0.1) is 5.56 Å². The van der Waals surface area contributed by atoms with Gasteiger partial charge in [0.1, 0.15) is 11.5 Å². The Kier molecular flexibility index (Phi) is 2.09. The molecule has 0 atom stereocenters. The van der Waals surface area contributed by atoms with Crippen LogP contribution < -0.4 is 5.73 Å². The number of hydrogen-bond acceptors (Lipinski definition) is 3. The predicted octanol–water partition coefficient (Wildman–Crippen LogP) is 1.43. The average molecular weight is 206 g/mol. The molecule has 4 nitrogen and oxygen atoms in total. The van der Waals surface area contributed by atoms with Crippen LogP contribution in [0.1, 0.15) is 5.56 Å². The van der Waals surface area contributed by atoms with Crippen molar-refractivity contribution in [3.8, 4) is 11.3 Å². The average Bonchev–Trinajstić information content (AvgIpc) is 2.70. The van der Waals surface area contributed by atoms with Crippen LogP contribution in [0, 0.1) is 5.41 Å². The maximum absolute atomic E-state index is 7.42. The number of aromatic nitrogens is 2. The molecule has 5 heteroatoms. The van der Waals surface area contributed by atoms with E-state index in [1.165, 1.54) is 0 Å². The summed E-state index contributed by atoms with van der Waals surface area (Å²) in [5.74, 6) is 0.0549. The Morgan fingerprint density at radius 2 is 2.43 bits per heavy atom. The molecule has 0 fully saturated rings. The van der Waals surface area contributed by atoms with E-state index in [2.05, 4.69) is 5.10 Å². The molecule has 0 aliphatic carbocycles. The highest BCUT2D eigenvalue weighted by atomic mass is 32.1. The van der Waals surface area contributed by atoms with E-state index < -0.39 is 0 Å². The van der Waals surface area contributed by atoms with Crippen molar-refractivity contribution in [2.75, 3.05) is 0 Å². The third-order valence-electron chi connectivity index (χ3n) is 1.91. The van der Waals surface area contributed by atoms with E-state index in [1.54, 1.807) is 22.2 Å². The first-order valence-corrected chi connectivity index (χ1v) is 5.03. The van der Waals surface area contributed by atoms with Crippen LogP contribution in [-0.4, -0.2) is 15.6 Å². The lowest BCUT2D eigenvalue weighted by atomic mass is 10.1. The second-order valence-corrected chi connectivity index (χ2v) is 3.77. The Labute approximate surface area is 85.5 Å². The lowest BCUT2D eigenvalue weighted by Crippen LogP contribution is -2.11. The molecular formula is C9H10N4S. The lowest BCUT2D eigenvalue weighted by Gasteiger charge is -1.95. The standard InChI is InChI=1S/C9H10N4S/c1-13-4-7(9(10)11)8(12-13)6-2-3-14-5-6/h2-5H,1H3,(H3,10,11). The molecule has 0 spiro atoms. The summed E-state index contributed by atoms with van der Waals surface area (Å²) in [5.41, 5.74) is 7.95. The first-order chi connectivity index (χ1) is 6.68. The Balaban J connectivity index is 2.58. The van der Waals surface area contributed by atoms with Crippen LogP contribution in [0.4, 0.5) is 0 Å². The van der Waals surface area contributed by atoms with Crippen LogP contribution in [0.3, 0.4) is 0 Å². The van der Waals surface area contributed by atoms with E-state index in [-0.39, 0.29) is 5.84 Å². The summed E-state index contributed by atoms with van der Waals surface area (Å²) in [5, 5.41) is 15.7. The molecule has 3 N–H and O–H groups in total. The third kappa shape index (κ3) is 1.42. The fraction of sp³-hybridized carbons (Fsp3) is 0.111. The Morgan fingerprint density at radius 3 is 3.00 bits per heavy atom. The minimum atomic E-state index is 0.0549. The van der Waals surface area contributed by atoms with E-state index in [4.69, 9.17) is 11.1 Å². The van der Waals surface area contributed by atoms with Gasteiger partial charge in [0.25, 0.3) is 0 Å². The lowest BCUT2D eigenvalue weighted by molar-refractivity contribution is 0.771. The van der Waals surface area contributed by atoms with E-state index >= 15 is 0 Å². The van der Waals surface area contributed by atoms with Crippen molar-refractivity contribution in [3.63, 3.8) is 0 Å². The van der Waals surface area contributed by atoms with Crippen LogP contribution in [0.2, 0.25) is 0 Å². The molecule has 0 aromatic carbocycles. The Morgan fingerprint density at radius 1 is 1.64 bits per heavy atom. The smallest absolute Gasteiger partial charge is 0.126 e. The van der Waals surface area contributed by atoms with Crippen molar-refractivity contribution >= 4 is 17.2 Å². The predicted molar refractivity (Wildman–Crippen MR) is 57.5 cm³/mol. The SMILES string of the molecule is Cn1cc(C(=N)N)c(-c2ccsc2)n1. The number of amidine groups is 1. The van der Waals surface area contributed by atoms with Gasteiger partial charge in [-0.3, -0.25) is 10.1 Å². The first kappa shape index (κ1) is 8.96. The van der Waals surface area contributed by atoms with Crippen molar-refractivity contribution < 1.29 is 0 Å². The molecule has 2 aromatic heterocycles. The van der Waals surface area contributed by atoms with Crippen molar-refractivity contribution in [2.24, 2.45) is 12.8 Å². The van der Waals surface area contributed by atoms with Gasteiger partial charge in [0, 0.05) is 24.2 Å². The molecule has 0 bridgehead atoms. The van der Waals surface area contributed by atoms with Crippen LogP contribution in [0.15, 0.2) is 23.0 Å². The van der Waals surface area contributed by atoms with Gasteiger partial charge in [-0.1, -0.05) is 0 Å². The molecular weight excluding hydrogens is 196 g/mol. The highest BCUT2D eigenvalue weighted by Gasteiger charge is 2.12. The van der Waals surface area contributed by atoms with Crippen molar-refractivity contribution in [3.05, 3.63) is 28.6 Å².